The lowest BCUT2D eigenvalue weighted by Crippen LogP contribution is -2.59. The average Bonchev–Trinajstić information content (AvgIpc) is 2.38. The maximum absolute atomic E-state index is 5.83. The van der Waals surface area contributed by atoms with Crippen LogP contribution in [0.5, 0.6) is 11.5 Å². The predicted molar refractivity (Wildman–Crippen MR) is 78.7 cm³/mol. The summed E-state index contributed by atoms with van der Waals surface area (Å²) in [5, 5.41) is 0.929. The Hall–Kier alpha value is -1.04. The minimum atomic E-state index is -2.54. The lowest BCUT2D eigenvalue weighted by Gasteiger charge is -2.39. The van der Waals surface area contributed by atoms with E-state index in [9.17, 15) is 0 Å². The van der Waals surface area contributed by atoms with E-state index in [1.807, 2.05) is 18.2 Å². The first kappa shape index (κ1) is 16.0. The highest BCUT2D eigenvalue weighted by Crippen LogP contribution is 2.38. The quantitative estimate of drug-likeness (QED) is 0.778. The molecule has 0 amide bonds. The summed E-state index contributed by atoms with van der Waals surface area (Å²) in [5.74, 6) is 1.39. The lowest BCUT2D eigenvalue weighted by molar-refractivity contribution is 0.230. The van der Waals surface area contributed by atoms with Crippen molar-refractivity contribution < 1.29 is 18.3 Å². The van der Waals surface area contributed by atoms with Gasteiger partial charge in [-0.15, -0.1) is 0 Å². The maximum Gasteiger partial charge on any atom is 0.377 e. The van der Waals surface area contributed by atoms with E-state index < -0.39 is 8.56 Å². The molecule has 4 nitrogen and oxygen atoms in total. The highest BCUT2D eigenvalue weighted by Gasteiger charge is 2.50. The number of methoxy groups -OCH3 is 2. The van der Waals surface area contributed by atoms with Crippen LogP contribution in [-0.2, 0) is 8.85 Å². The zero-order valence-electron chi connectivity index (χ0n) is 12.9. The summed E-state index contributed by atoms with van der Waals surface area (Å²) in [6.07, 6.45) is 0. The molecule has 1 aromatic carbocycles. The smallest absolute Gasteiger partial charge is 0.377 e. The van der Waals surface area contributed by atoms with Crippen molar-refractivity contribution in [2.24, 2.45) is 0 Å². The molecular weight excluding hydrogens is 260 g/mol. The van der Waals surface area contributed by atoms with Gasteiger partial charge in [-0.05, 0) is 17.3 Å². The molecule has 0 spiro atoms. The SMILES string of the molecule is COc1ccc([Si](OC)(OC)C(C)(C)C)cc1OC. The molecule has 0 fully saturated rings. The fraction of sp³-hybridized carbons (Fsp3) is 0.571. The molecule has 0 aromatic heterocycles. The second-order valence-corrected chi connectivity index (χ2v) is 9.47. The molecule has 0 saturated heterocycles. The Morgan fingerprint density at radius 3 is 1.74 bits per heavy atom. The van der Waals surface area contributed by atoms with E-state index in [4.69, 9.17) is 18.3 Å². The summed E-state index contributed by atoms with van der Waals surface area (Å²) in [4.78, 5) is 0. The first-order valence-electron chi connectivity index (χ1n) is 6.19. The lowest BCUT2D eigenvalue weighted by atomic mass is 10.2. The van der Waals surface area contributed by atoms with Gasteiger partial charge < -0.3 is 18.3 Å². The molecule has 108 valence electrons. The Morgan fingerprint density at radius 1 is 0.842 bits per heavy atom. The van der Waals surface area contributed by atoms with E-state index in [0.29, 0.717) is 11.5 Å². The van der Waals surface area contributed by atoms with Crippen LogP contribution in [0.1, 0.15) is 20.8 Å². The first-order valence-corrected chi connectivity index (χ1v) is 8.00. The molecule has 19 heavy (non-hydrogen) atoms. The molecule has 0 aliphatic carbocycles. The fourth-order valence-electron chi connectivity index (χ4n) is 2.41. The van der Waals surface area contributed by atoms with Gasteiger partial charge in [0.15, 0.2) is 11.5 Å². The molecular formula is C14H24O4Si. The largest absolute Gasteiger partial charge is 0.493 e. The zero-order valence-corrected chi connectivity index (χ0v) is 13.9. The van der Waals surface area contributed by atoms with Crippen molar-refractivity contribution >= 4 is 13.7 Å². The van der Waals surface area contributed by atoms with Crippen LogP contribution < -0.4 is 14.7 Å². The molecule has 0 N–H and O–H groups in total. The Bertz CT molecular complexity index is 422. The molecule has 0 heterocycles. The van der Waals surface area contributed by atoms with E-state index in [0.717, 1.165) is 5.19 Å². The van der Waals surface area contributed by atoms with Gasteiger partial charge in [-0.25, -0.2) is 0 Å². The molecule has 5 heteroatoms. The Labute approximate surface area is 116 Å². The van der Waals surface area contributed by atoms with Crippen molar-refractivity contribution in [1.29, 1.82) is 0 Å². The Morgan fingerprint density at radius 2 is 1.37 bits per heavy atom. The van der Waals surface area contributed by atoms with Gasteiger partial charge in [-0.1, -0.05) is 26.8 Å². The van der Waals surface area contributed by atoms with E-state index in [1.165, 1.54) is 0 Å². The van der Waals surface area contributed by atoms with Crippen molar-refractivity contribution in [2.45, 2.75) is 25.8 Å². The average molecular weight is 284 g/mol. The van der Waals surface area contributed by atoms with Crippen LogP contribution in [0.3, 0.4) is 0 Å². The van der Waals surface area contributed by atoms with Gasteiger partial charge in [0.2, 0.25) is 0 Å². The van der Waals surface area contributed by atoms with Gasteiger partial charge >= 0.3 is 8.56 Å². The van der Waals surface area contributed by atoms with Gasteiger partial charge in [0, 0.05) is 19.3 Å². The number of rotatable bonds is 5. The maximum atomic E-state index is 5.83. The van der Waals surface area contributed by atoms with Crippen molar-refractivity contribution in [2.75, 3.05) is 28.4 Å². The van der Waals surface area contributed by atoms with Crippen LogP contribution in [0, 0.1) is 0 Å². The summed E-state index contributed by atoms with van der Waals surface area (Å²) < 4.78 is 22.3. The molecule has 0 radical (unpaired) electrons. The third-order valence-electron chi connectivity index (χ3n) is 3.33. The number of ether oxygens (including phenoxy) is 2. The minimum absolute atomic E-state index is 0.101. The number of hydrogen-bond acceptors (Lipinski definition) is 4. The van der Waals surface area contributed by atoms with Crippen LogP contribution in [0.15, 0.2) is 18.2 Å². The van der Waals surface area contributed by atoms with E-state index in [1.54, 1.807) is 28.4 Å². The van der Waals surface area contributed by atoms with Crippen LogP contribution in [0.2, 0.25) is 5.04 Å². The zero-order chi connectivity index (χ0) is 14.7. The highest BCUT2D eigenvalue weighted by atomic mass is 28.4. The van der Waals surface area contributed by atoms with Gasteiger partial charge in [-0.2, -0.15) is 0 Å². The van der Waals surface area contributed by atoms with Crippen LogP contribution in [-0.4, -0.2) is 37.0 Å². The molecule has 0 bridgehead atoms. The molecule has 1 aromatic rings. The second kappa shape index (κ2) is 5.94. The number of benzene rings is 1. The molecule has 0 atom stereocenters. The summed E-state index contributed by atoms with van der Waals surface area (Å²) >= 11 is 0. The van der Waals surface area contributed by atoms with Gasteiger partial charge in [0.05, 0.1) is 14.2 Å². The van der Waals surface area contributed by atoms with Gasteiger partial charge in [0.1, 0.15) is 0 Å². The monoisotopic (exact) mass is 284 g/mol. The number of hydrogen-bond donors (Lipinski definition) is 0. The van der Waals surface area contributed by atoms with E-state index >= 15 is 0 Å². The molecule has 0 aliphatic rings. The summed E-state index contributed by atoms with van der Waals surface area (Å²) in [5.41, 5.74) is 0. The normalized spacial score (nSPS) is 12.4. The third kappa shape index (κ3) is 2.78. The van der Waals surface area contributed by atoms with Crippen molar-refractivity contribution in [3.8, 4) is 11.5 Å². The predicted octanol–water partition coefficient (Wildman–Crippen LogP) is 2.45. The van der Waals surface area contributed by atoms with E-state index in [2.05, 4.69) is 20.8 Å². The van der Waals surface area contributed by atoms with Crippen molar-refractivity contribution in [3.05, 3.63) is 18.2 Å². The highest BCUT2D eigenvalue weighted by molar-refractivity contribution is 6.83. The van der Waals surface area contributed by atoms with Crippen LogP contribution >= 0.6 is 0 Å². The van der Waals surface area contributed by atoms with Crippen LogP contribution in [0.4, 0.5) is 0 Å². The molecule has 1 rings (SSSR count). The summed E-state index contributed by atoms with van der Waals surface area (Å²) in [6.45, 7) is 6.38. The van der Waals surface area contributed by atoms with Crippen LogP contribution in [0.25, 0.3) is 0 Å². The Kier molecular flexibility index (Phi) is 5.01. The summed E-state index contributed by atoms with van der Waals surface area (Å²) in [6, 6.07) is 5.83. The molecule has 0 aliphatic heterocycles. The first-order chi connectivity index (χ1) is 8.86. The van der Waals surface area contributed by atoms with Crippen molar-refractivity contribution in [3.63, 3.8) is 0 Å². The standard InChI is InChI=1S/C14H24O4Si/c1-14(2,3)19(17-6,18-7)11-8-9-12(15-4)13(10-11)16-5/h8-10H,1-7H3. The van der Waals surface area contributed by atoms with Gasteiger partial charge in [0.25, 0.3) is 0 Å². The fourth-order valence-corrected chi connectivity index (χ4v) is 5.76. The topological polar surface area (TPSA) is 36.9 Å². The molecule has 0 saturated carbocycles. The van der Waals surface area contributed by atoms with E-state index in [-0.39, 0.29) is 5.04 Å². The van der Waals surface area contributed by atoms with Gasteiger partial charge in [-0.3, -0.25) is 0 Å². The second-order valence-electron chi connectivity index (χ2n) is 5.34. The minimum Gasteiger partial charge on any atom is -0.493 e. The molecule has 0 unspecified atom stereocenters. The van der Waals surface area contributed by atoms with Crippen molar-refractivity contribution in [1.82, 2.24) is 0 Å². The Balaban J connectivity index is 3.40. The third-order valence-corrected chi connectivity index (χ3v) is 7.52. The summed E-state index contributed by atoms with van der Waals surface area (Å²) in [7, 11) is 4.12.